The van der Waals surface area contributed by atoms with Gasteiger partial charge in [0.1, 0.15) is 11.2 Å². The van der Waals surface area contributed by atoms with Crippen LogP contribution in [0.25, 0.3) is 0 Å². The lowest BCUT2D eigenvalue weighted by Gasteiger charge is -2.21. The molecule has 3 N–H and O–H groups in total. The fourth-order valence-corrected chi connectivity index (χ4v) is 1.74. The minimum absolute atomic E-state index is 0.239. The fourth-order valence-electron chi connectivity index (χ4n) is 1.74. The summed E-state index contributed by atoms with van der Waals surface area (Å²) in [4.78, 5) is 16.2. The predicted octanol–water partition coefficient (Wildman–Crippen LogP) is 0.537. The number of carbonyl (C=O) groups excluding carboxylic acids is 1. The van der Waals surface area contributed by atoms with E-state index in [-0.39, 0.29) is 12.5 Å². The van der Waals surface area contributed by atoms with E-state index >= 15 is 0 Å². The zero-order valence-corrected chi connectivity index (χ0v) is 10.3. The van der Waals surface area contributed by atoms with Crippen LogP contribution in [0.1, 0.15) is 13.3 Å². The summed E-state index contributed by atoms with van der Waals surface area (Å²) < 4.78 is 10.5. The summed E-state index contributed by atoms with van der Waals surface area (Å²) in [5.41, 5.74) is 5.55. The van der Waals surface area contributed by atoms with Gasteiger partial charge < -0.3 is 20.5 Å². The number of nitrogens with zero attached hydrogens (tertiary/aromatic N) is 1. The Balaban J connectivity index is 2.11. The van der Waals surface area contributed by atoms with Crippen molar-refractivity contribution in [3.63, 3.8) is 0 Å². The first kappa shape index (κ1) is 12.8. The molecule has 1 atom stereocenters. The number of pyridine rings is 1. The fraction of sp³-hybridized carbons (Fsp3) is 0.500. The lowest BCUT2D eigenvalue weighted by molar-refractivity contribution is -0.121. The Morgan fingerprint density at radius 1 is 1.72 bits per heavy atom. The van der Waals surface area contributed by atoms with Gasteiger partial charge in [-0.05, 0) is 25.5 Å². The molecule has 0 aromatic carbocycles. The Morgan fingerprint density at radius 2 is 2.56 bits per heavy atom. The summed E-state index contributed by atoms with van der Waals surface area (Å²) >= 11 is 0. The largest absolute Gasteiger partial charge is 0.476 e. The zero-order chi connectivity index (χ0) is 13.0. The second kappa shape index (κ2) is 5.32. The van der Waals surface area contributed by atoms with E-state index in [1.54, 1.807) is 18.3 Å². The lowest BCUT2D eigenvalue weighted by Crippen LogP contribution is -2.51. The lowest BCUT2D eigenvalue weighted by atomic mass is 9.99. The molecule has 6 heteroatoms. The topological polar surface area (TPSA) is 86.5 Å². The highest BCUT2D eigenvalue weighted by molar-refractivity contribution is 5.99. The highest BCUT2D eigenvalue weighted by Gasteiger charge is 2.38. The summed E-state index contributed by atoms with van der Waals surface area (Å²) in [6, 6.07) is 3.46. The van der Waals surface area contributed by atoms with Crippen LogP contribution in [0.15, 0.2) is 18.3 Å². The predicted molar refractivity (Wildman–Crippen MR) is 66.4 cm³/mol. The van der Waals surface area contributed by atoms with Crippen molar-refractivity contribution in [1.82, 2.24) is 4.98 Å². The van der Waals surface area contributed by atoms with E-state index in [2.05, 4.69) is 10.3 Å². The molecule has 6 nitrogen and oxygen atoms in total. The first-order valence-electron chi connectivity index (χ1n) is 5.91. The summed E-state index contributed by atoms with van der Waals surface area (Å²) in [7, 11) is 0. The van der Waals surface area contributed by atoms with E-state index in [9.17, 15) is 4.79 Å². The molecule has 1 fully saturated rings. The number of hydrogen-bond acceptors (Lipinski definition) is 5. The number of nitrogens with one attached hydrogen (secondary N) is 1. The van der Waals surface area contributed by atoms with Crippen LogP contribution < -0.4 is 15.8 Å². The molecule has 1 aliphatic heterocycles. The highest BCUT2D eigenvalue weighted by atomic mass is 16.5. The maximum Gasteiger partial charge on any atom is 0.247 e. The van der Waals surface area contributed by atoms with Crippen LogP contribution in [-0.4, -0.2) is 36.3 Å². The average molecular weight is 251 g/mol. The van der Waals surface area contributed by atoms with Gasteiger partial charge in [0.05, 0.1) is 13.2 Å². The zero-order valence-electron chi connectivity index (χ0n) is 10.3. The van der Waals surface area contributed by atoms with E-state index in [0.717, 1.165) is 0 Å². The monoisotopic (exact) mass is 251 g/mol. The van der Waals surface area contributed by atoms with Crippen molar-refractivity contribution >= 4 is 11.6 Å². The minimum Gasteiger partial charge on any atom is -0.476 e. The summed E-state index contributed by atoms with van der Waals surface area (Å²) in [6.45, 7) is 3.09. The van der Waals surface area contributed by atoms with Crippen LogP contribution in [0.2, 0.25) is 0 Å². The molecule has 0 bridgehead atoms. The summed E-state index contributed by atoms with van der Waals surface area (Å²) in [5, 5.41) is 2.75. The number of amides is 1. The molecular formula is C12H17N3O3. The number of ether oxygens (including phenoxy) is 2. The normalized spacial score (nSPS) is 22.8. The SMILES string of the molecule is CCOc1ncccc1NC(=O)C1(N)CCOC1. The van der Waals surface area contributed by atoms with E-state index < -0.39 is 5.54 Å². The van der Waals surface area contributed by atoms with Gasteiger partial charge in [-0.1, -0.05) is 0 Å². The summed E-state index contributed by atoms with van der Waals surface area (Å²) in [5.74, 6) is 0.129. The maximum atomic E-state index is 12.1. The molecule has 1 amide bonds. The second-order valence-electron chi connectivity index (χ2n) is 4.20. The third-order valence-corrected chi connectivity index (χ3v) is 2.80. The highest BCUT2D eigenvalue weighted by Crippen LogP contribution is 2.23. The molecular weight excluding hydrogens is 234 g/mol. The average Bonchev–Trinajstić information content (AvgIpc) is 2.80. The molecule has 0 aliphatic carbocycles. The van der Waals surface area contributed by atoms with Crippen molar-refractivity contribution in [2.75, 3.05) is 25.1 Å². The van der Waals surface area contributed by atoms with Gasteiger partial charge in [0.2, 0.25) is 11.8 Å². The van der Waals surface area contributed by atoms with Gasteiger partial charge in [-0.2, -0.15) is 0 Å². The van der Waals surface area contributed by atoms with Crippen molar-refractivity contribution < 1.29 is 14.3 Å². The van der Waals surface area contributed by atoms with Crippen LogP contribution in [0.4, 0.5) is 5.69 Å². The summed E-state index contributed by atoms with van der Waals surface area (Å²) in [6.07, 6.45) is 2.13. The molecule has 1 aromatic heterocycles. The molecule has 98 valence electrons. The van der Waals surface area contributed by atoms with E-state index in [1.807, 2.05) is 6.92 Å². The van der Waals surface area contributed by atoms with Gasteiger partial charge in [0.25, 0.3) is 0 Å². The van der Waals surface area contributed by atoms with Gasteiger partial charge in [-0.3, -0.25) is 4.79 Å². The second-order valence-corrected chi connectivity index (χ2v) is 4.20. The van der Waals surface area contributed by atoms with Crippen molar-refractivity contribution in [1.29, 1.82) is 0 Å². The quantitative estimate of drug-likeness (QED) is 0.815. The van der Waals surface area contributed by atoms with Gasteiger partial charge >= 0.3 is 0 Å². The Kier molecular flexibility index (Phi) is 3.78. The molecule has 1 unspecified atom stereocenters. The molecule has 18 heavy (non-hydrogen) atoms. The molecule has 2 rings (SSSR count). The third kappa shape index (κ3) is 2.60. The smallest absolute Gasteiger partial charge is 0.247 e. The number of carbonyl (C=O) groups is 1. The standard InChI is InChI=1S/C12H17N3O3/c1-2-18-10-9(4-3-6-14-10)15-11(16)12(13)5-7-17-8-12/h3-4,6H,2,5,7-8,13H2,1H3,(H,15,16). The number of anilines is 1. The number of aromatic nitrogens is 1. The molecule has 1 aliphatic rings. The van der Waals surface area contributed by atoms with Gasteiger partial charge in [-0.15, -0.1) is 0 Å². The number of rotatable bonds is 4. The van der Waals surface area contributed by atoms with Crippen LogP contribution in [0.5, 0.6) is 5.88 Å². The minimum atomic E-state index is -0.959. The van der Waals surface area contributed by atoms with Crippen LogP contribution in [-0.2, 0) is 9.53 Å². The molecule has 0 saturated carbocycles. The van der Waals surface area contributed by atoms with E-state index in [0.29, 0.717) is 31.2 Å². The first-order chi connectivity index (χ1) is 8.65. The molecule has 1 aromatic rings. The van der Waals surface area contributed by atoms with E-state index in [1.165, 1.54) is 0 Å². The number of nitrogens with two attached hydrogens (primary N) is 1. The Hall–Kier alpha value is -1.66. The Labute approximate surface area is 105 Å². The molecule has 2 heterocycles. The van der Waals surface area contributed by atoms with Crippen LogP contribution >= 0.6 is 0 Å². The van der Waals surface area contributed by atoms with Crippen molar-refractivity contribution in [3.8, 4) is 5.88 Å². The van der Waals surface area contributed by atoms with Crippen LogP contribution in [0, 0.1) is 0 Å². The van der Waals surface area contributed by atoms with Gasteiger partial charge in [0, 0.05) is 12.8 Å². The van der Waals surface area contributed by atoms with Gasteiger partial charge in [0.15, 0.2) is 0 Å². The Bertz CT molecular complexity index is 430. The third-order valence-electron chi connectivity index (χ3n) is 2.80. The molecule has 0 radical (unpaired) electrons. The van der Waals surface area contributed by atoms with Crippen molar-refractivity contribution in [3.05, 3.63) is 18.3 Å². The first-order valence-corrected chi connectivity index (χ1v) is 5.91. The van der Waals surface area contributed by atoms with Crippen LogP contribution in [0.3, 0.4) is 0 Å². The number of hydrogen-bond donors (Lipinski definition) is 2. The van der Waals surface area contributed by atoms with Crippen molar-refractivity contribution in [2.45, 2.75) is 18.9 Å². The Morgan fingerprint density at radius 3 is 3.22 bits per heavy atom. The van der Waals surface area contributed by atoms with Crippen molar-refractivity contribution in [2.24, 2.45) is 5.73 Å². The van der Waals surface area contributed by atoms with E-state index in [4.69, 9.17) is 15.2 Å². The maximum absolute atomic E-state index is 12.1. The molecule has 0 spiro atoms. The van der Waals surface area contributed by atoms with Gasteiger partial charge in [-0.25, -0.2) is 4.98 Å². The molecule has 1 saturated heterocycles.